The van der Waals surface area contributed by atoms with E-state index in [4.69, 9.17) is 5.73 Å². The summed E-state index contributed by atoms with van der Waals surface area (Å²) in [5.74, 6) is 0. The molecule has 2 heteroatoms. The van der Waals surface area contributed by atoms with Crippen LogP contribution in [0.3, 0.4) is 0 Å². The standard InChI is InChI=1S/C7H15N.ClH/c1-7(8)5-3-2-4-6-7;/h2-6,8H2,1H3;1H. The van der Waals surface area contributed by atoms with Crippen LogP contribution < -0.4 is 18.1 Å². The van der Waals surface area contributed by atoms with Crippen molar-refractivity contribution in [2.24, 2.45) is 5.73 Å². The summed E-state index contributed by atoms with van der Waals surface area (Å²) >= 11 is 0. The van der Waals surface area contributed by atoms with Crippen LogP contribution in [0.25, 0.3) is 0 Å². The second-order valence-electron chi connectivity index (χ2n) is 3.21. The Bertz CT molecular complexity index is 77.7. The van der Waals surface area contributed by atoms with Crippen molar-refractivity contribution >= 4 is 0 Å². The molecule has 0 saturated heterocycles. The predicted octanol–water partition coefficient (Wildman–Crippen LogP) is -1.22. The first-order valence-electron chi connectivity index (χ1n) is 3.50. The van der Waals surface area contributed by atoms with E-state index in [0.717, 1.165) is 0 Å². The Labute approximate surface area is 64.9 Å². The van der Waals surface area contributed by atoms with Gasteiger partial charge in [-0.3, -0.25) is 0 Å². The summed E-state index contributed by atoms with van der Waals surface area (Å²) in [4.78, 5) is 0. The summed E-state index contributed by atoms with van der Waals surface area (Å²) < 4.78 is 0. The Morgan fingerprint density at radius 3 is 1.89 bits per heavy atom. The van der Waals surface area contributed by atoms with Gasteiger partial charge in [-0.2, -0.15) is 0 Å². The van der Waals surface area contributed by atoms with Gasteiger partial charge in [0.05, 0.1) is 0 Å². The molecule has 0 bridgehead atoms. The zero-order valence-electron chi connectivity index (χ0n) is 6.99. The molecule has 1 nitrogen and oxygen atoms in total. The second-order valence-corrected chi connectivity index (χ2v) is 3.21. The maximum absolute atomic E-state index is 5.88. The lowest BCUT2D eigenvalue weighted by molar-refractivity contribution is -0.00000241. The van der Waals surface area contributed by atoms with Crippen molar-refractivity contribution in [2.75, 3.05) is 0 Å². The number of halogens is 1. The highest BCUT2D eigenvalue weighted by atomic mass is 35.5. The highest BCUT2D eigenvalue weighted by molar-refractivity contribution is 4.81. The molecule has 0 radical (unpaired) electrons. The molecule has 0 atom stereocenters. The number of nitrogens with two attached hydrogens (primary N) is 1. The lowest BCUT2D eigenvalue weighted by Gasteiger charge is -2.28. The average molecular weight is 150 g/mol. The summed E-state index contributed by atoms with van der Waals surface area (Å²) in [5.41, 5.74) is 6.06. The fraction of sp³-hybridized carbons (Fsp3) is 1.00. The van der Waals surface area contributed by atoms with Crippen LogP contribution in [-0.4, -0.2) is 5.54 Å². The summed E-state index contributed by atoms with van der Waals surface area (Å²) in [6.07, 6.45) is 6.53. The van der Waals surface area contributed by atoms with Crippen LogP contribution in [0.1, 0.15) is 40.5 Å². The largest absolute Gasteiger partial charge is 1.00 e. The molecule has 1 aliphatic rings. The molecule has 0 aromatic carbocycles. The molecule has 1 fully saturated rings. The van der Waals surface area contributed by atoms with Gasteiger partial charge in [0.25, 0.3) is 0 Å². The first-order chi connectivity index (χ1) is 3.71. The van der Waals surface area contributed by atoms with E-state index in [0.29, 0.717) is 0 Å². The van der Waals surface area contributed by atoms with Crippen LogP contribution in [0.15, 0.2) is 0 Å². The van der Waals surface area contributed by atoms with Gasteiger partial charge in [-0.15, -0.1) is 0 Å². The van der Waals surface area contributed by atoms with Crippen LogP contribution in [0, 0.1) is 0 Å². The van der Waals surface area contributed by atoms with E-state index in [1.54, 1.807) is 0 Å². The van der Waals surface area contributed by atoms with Crippen molar-refractivity contribution in [1.82, 2.24) is 0 Å². The Morgan fingerprint density at radius 2 is 1.67 bits per heavy atom. The van der Waals surface area contributed by atoms with E-state index in [-0.39, 0.29) is 19.4 Å². The molecule has 0 amide bonds. The van der Waals surface area contributed by atoms with E-state index >= 15 is 0 Å². The molecular weight excluding hydrogens is 134 g/mol. The molecule has 0 aliphatic heterocycles. The van der Waals surface area contributed by atoms with Gasteiger partial charge in [-0.05, 0) is 19.8 Å². The van der Waals surface area contributed by atoms with Crippen LogP contribution >= 0.6 is 0 Å². The molecule has 1 saturated carbocycles. The predicted molar refractivity (Wildman–Crippen MR) is 36.8 cm³/mol. The third-order valence-corrected chi connectivity index (χ3v) is 2.00. The van der Waals surface area contributed by atoms with Gasteiger partial charge in [0.2, 0.25) is 0 Å². The second kappa shape index (κ2) is 3.43. The van der Waals surface area contributed by atoms with Gasteiger partial charge in [-0.1, -0.05) is 19.3 Å². The summed E-state index contributed by atoms with van der Waals surface area (Å²) in [6.45, 7) is 2.16. The van der Waals surface area contributed by atoms with Crippen molar-refractivity contribution in [1.29, 1.82) is 0 Å². The fourth-order valence-electron chi connectivity index (χ4n) is 1.36. The molecular formula is C7H16ClN. The molecule has 0 aromatic rings. The highest BCUT2D eigenvalue weighted by Crippen LogP contribution is 2.24. The Kier molecular flexibility index (Phi) is 3.52. The molecule has 0 spiro atoms. The van der Waals surface area contributed by atoms with Crippen LogP contribution in [0.2, 0.25) is 0 Å². The van der Waals surface area contributed by atoms with E-state index in [1.165, 1.54) is 32.1 Å². The third-order valence-electron chi connectivity index (χ3n) is 2.00. The third kappa shape index (κ3) is 3.07. The van der Waals surface area contributed by atoms with E-state index in [1.807, 2.05) is 0 Å². The normalized spacial score (nSPS) is 24.7. The zero-order chi connectivity index (χ0) is 6.04. The van der Waals surface area contributed by atoms with Gasteiger partial charge >= 0.3 is 1.43 Å². The van der Waals surface area contributed by atoms with Crippen LogP contribution in [0.5, 0.6) is 0 Å². The number of hydrogen-bond donors (Lipinski definition) is 1. The van der Waals surface area contributed by atoms with Gasteiger partial charge < -0.3 is 18.1 Å². The van der Waals surface area contributed by atoms with Gasteiger partial charge in [0.1, 0.15) is 0 Å². The molecule has 9 heavy (non-hydrogen) atoms. The first-order valence-corrected chi connectivity index (χ1v) is 3.50. The quantitative estimate of drug-likeness (QED) is 0.460. The van der Waals surface area contributed by atoms with Crippen molar-refractivity contribution in [3.05, 3.63) is 0 Å². The Hall–Kier alpha value is 0.250. The van der Waals surface area contributed by atoms with Crippen LogP contribution in [0.4, 0.5) is 0 Å². The summed E-state index contributed by atoms with van der Waals surface area (Å²) in [7, 11) is 0. The minimum Gasteiger partial charge on any atom is -1.00 e. The molecule has 1 aliphatic carbocycles. The first kappa shape index (κ1) is 9.25. The zero-order valence-corrected chi connectivity index (χ0v) is 6.75. The maximum Gasteiger partial charge on any atom is 1.00 e. The average Bonchev–Trinajstić information content (AvgIpc) is 1.65. The summed E-state index contributed by atoms with van der Waals surface area (Å²) in [5, 5.41) is 0. The smallest absolute Gasteiger partial charge is 1.00 e. The molecule has 0 aromatic heterocycles. The molecule has 2 N–H and O–H groups in total. The van der Waals surface area contributed by atoms with E-state index in [9.17, 15) is 0 Å². The van der Waals surface area contributed by atoms with Gasteiger partial charge in [0, 0.05) is 5.54 Å². The SMILES string of the molecule is CC1(N)CCCCC1.[Cl-].[H+]. The van der Waals surface area contributed by atoms with Crippen molar-refractivity contribution < 1.29 is 13.8 Å². The molecule has 0 unspecified atom stereocenters. The lowest BCUT2D eigenvalue weighted by Crippen LogP contribution is -3.00. The molecule has 0 heterocycles. The monoisotopic (exact) mass is 149 g/mol. The van der Waals surface area contributed by atoms with Crippen molar-refractivity contribution in [3.8, 4) is 0 Å². The van der Waals surface area contributed by atoms with E-state index < -0.39 is 0 Å². The molecule has 1 rings (SSSR count). The number of hydrogen-bond acceptors (Lipinski definition) is 1. The topological polar surface area (TPSA) is 26.0 Å². The fourth-order valence-corrected chi connectivity index (χ4v) is 1.36. The van der Waals surface area contributed by atoms with Gasteiger partial charge in [-0.25, -0.2) is 0 Å². The highest BCUT2D eigenvalue weighted by Gasteiger charge is 2.20. The van der Waals surface area contributed by atoms with Crippen LogP contribution in [-0.2, 0) is 0 Å². The lowest BCUT2D eigenvalue weighted by atomic mass is 9.84. The van der Waals surface area contributed by atoms with Crippen molar-refractivity contribution in [3.63, 3.8) is 0 Å². The minimum absolute atomic E-state index is 0. The summed E-state index contributed by atoms with van der Waals surface area (Å²) in [6, 6.07) is 0. The van der Waals surface area contributed by atoms with Crippen molar-refractivity contribution in [2.45, 2.75) is 44.6 Å². The van der Waals surface area contributed by atoms with Gasteiger partial charge in [0.15, 0.2) is 0 Å². The molecule has 56 valence electrons. The van der Waals surface area contributed by atoms with E-state index in [2.05, 4.69) is 6.92 Å². The Balaban J connectivity index is 0. The minimum atomic E-state index is 0. The maximum atomic E-state index is 5.88. The Morgan fingerprint density at radius 1 is 1.22 bits per heavy atom. The number of rotatable bonds is 0.